The zero-order valence-corrected chi connectivity index (χ0v) is 19.3. The monoisotopic (exact) mass is 422 g/mol. The zero-order valence-electron chi connectivity index (χ0n) is 19.3. The Morgan fingerprint density at radius 1 is 1.07 bits per heavy atom. The van der Waals surface area contributed by atoms with E-state index in [2.05, 4.69) is 34.4 Å². The highest BCUT2D eigenvalue weighted by molar-refractivity contribution is 5.79. The summed E-state index contributed by atoms with van der Waals surface area (Å²) in [4.78, 5) is 6.88. The van der Waals surface area contributed by atoms with Crippen LogP contribution in [0.25, 0.3) is 0 Å². The quantitative estimate of drug-likeness (QED) is 0.440. The highest BCUT2D eigenvalue weighted by Crippen LogP contribution is 2.34. The molecule has 1 aliphatic rings. The van der Waals surface area contributed by atoms with Crippen LogP contribution in [-0.4, -0.2) is 84.7 Å². The third kappa shape index (κ3) is 6.67. The lowest BCUT2D eigenvalue weighted by Gasteiger charge is -2.37. The SMILES string of the molecule is CN=C(NCCc1c(OC)cc(OC)cc1OC)NCC(C(C)C)N1CCOCC1. The van der Waals surface area contributed by atoms with Crippen LogP contribution >= 0.6 is 0 Å². The van der Waals surface area contributed by atoms with E-state index in [0.29, 0.717) is 24.3 Å². The molecule has 0 spiro atoms. The number of hydrogen-bond acceptors (Lipinski definition) is 6. The van der Waals surface area contributed by atoms with Crippen LogP contribution in [0, 0.1) is 5.92 Å². The molecule has 1 atom stereocenters. The van der Waals surface area contributed by atoms with Gasteiger partial charge in [-0.15, -0.1) is 0 Å². The van der Waals surface area contributed by atoms with Gasteiger partial charge in [0, 0.05) is 57.0 Å². The lowest BCUT2D eigenvalue weighted by Crippen LogP contribution is -2.52. The molecule has 30 heavy (non-hydrogen) atoms. The number of ether oxygens (including phenoxy) is 4. The Labute approximate surface area is 180 Å². The van der Waals surface area contributed by atoms with E-state index in [1.165, 1.54) is 0 Å². The van der Waals surface area contributed by atoms with Gasteiger partial charge in [0.25, 0.3) is 0 Å². The van der Waals surface area contributed by atoms with Crippen molar-refractivity contribution in [2.75, 3.05) is 67.8 Å². The minimum absolute atomic E-state index is 0.439. The third-order valence-electron chi connectivity index (χ3n) is 5.47. The molecule has 0 saturated carbocycles. The molecule has 8 nitrogen and oxygen atoms in total. The van der Waals surface area contributed by atoms with Gasteiger partial charge in [0.2, 0.25) is 0 Å². The van der Waals surface area contributed by atoms with Crippen LogP contribution in [-0.2, 0) is 11.2 Å². The van der Waals surface area contributed by atoms with Crippen LogP contribution in [0.1, 0.15) is 19.4 Å². The molecule has 1 saturated heterocycles. The third-order valence-corrected chi connectivity index (χ3v) is 5.47. The fourth-order valence-corrected chi connectivity index (χ4v) is 3.75. The first-order valence-corrected chi connectivity index (χ1v) is 10.6. The smallest absolute Gasteiger partial charge is 0.191 e. The van der Waals surface area contributed by atoms with Gasteiger partial charge >= 0.3 is 0 Å². The molecule has 2 N–H and O–H groups in total. The number of morpholine rings is 1. The van der Waals surface area contributed by atoms with Crippen LogP contribution < -0.4 is 24.8 Å². The molecule has 1 aromatic rings. The number of hydrogen-bond donors (Lipinski definition) is 2. The Morgan fingerprint density at radius 2 is 1.70 bits per heavy atom. The molecule has 1 fully saturated rings. The van der Waals surface area contributed by atoms with Gasteiger partial charge < -0.3 is 29.6 Å². The Bertz CT molecular complexity index is 650. The molecule has 1 unspecified atom stereocenters. The molecule has 0 aromatic heterocycles. The average Bonchev–Trinajstić information content (AvgIpc) is 2.78. The second-order valence-electron chi connectivity index (χ2n) is 7.60. The van der Waals surface area contributed by atoms with Gasteiger partial charge in [0.05, 0.1) is 34.5 Å². The molecule has 8 heteroatoms. The van der Waals surface area contributed by atoms with E-state index in [-0.39, 0.29) is 0 Å². The highest BCUT2D eigenvalue weighted by Gasteiger charge is 2.24. The van der Waals surface area contributed by atoms with Crippen LogP contribution in [0.4, 0.5) is 0 Å². The van der Waals surface area contributed by atoms with Crippen molar-refractivity contribution in [1.82, 2.24) is 15.5 Å². The van der Waals surface area contributed by atoms with E-state index in [1.54, 1.807) is 28.4 Å². The summed E-state index contributed by atoms with van der Waals surface area (Å²) in [5.74, 6) is 3.55. The standard InChI is InChI=1S/C22H38N4O4/c1-16(2)19(26-9-11-30-12-10-26)15-25-22(23-3)24-8-7-18-20(28-5)13-17(27-4)14-21(18)29-6/h13-14,16,19H,7-12,15H2,1-6H3,(H2,23,24,25). The second kappa shape index (κ2) is 12.5. The van der Waals surface area contributed by atoms with E-state index >= 15 is 0 Å². The van der Waals surface area contributed by atoms with E-state index in [0.717, 1.165) is 62.3 Å². The number of guanidine groups is 1. The number of nitrogens with one attached hydrogen (secondary N) is 2. The van der Waals surface area contributed by atoms with Crippen molar-refractivity contribution in [2.24, 2.45) is 10.9 Å². The minimum Gasteiger partial charge on any atom is -0.496 e. The summed E-state index contributed by atoms with van der Waals surface area (Å²) < 4.78 is 21.9. The Balaban J connectivity index is 1.93. The van der Waals surface area contributed by atoms with E-state index in [1.807, 2.05) is 12.1 Å². The molecule has 1 heterocycles. The first kappa shape index (κ1) is 24.1. The molecule has 1 aliphatic heterocycles. The number of nitrogens with zero attached hydrogens (tertiary/aromatic N) is 2. The molecule has 170 valence electrons. The summed E-state index contributed by atoms with van der Waals surface area (Å²) >= 11 is 0. The Hall–Kier alpha value is -2.19. The van der Waals surface area contributed by atoms with Crippen LogP contribution in [0.15, 0.2) is 17.1 Å². The summed E-state index contributed by atoms with van der Waals surface area (Å²) in [6.07, 6.45) is 0.730. The predicted octanol–water partition coefficient (Wildman–Crippen LogP) is 1.78. The van der Waals surface area contributed by atoms with Gasteiger partial charge in [-0.25, -0.2) is 0 Å². The average molecular weight is 423 g/mol. The number of rotatable bonds is 10. The lowest BCUT2D eigenvalue weighted by molar-refractivity contribution is 0.00752. The second-order valence-corrected chi connectivity index (χ2v) is 7.60. The highest BCUT2D eigenvalue weighted by atomic mass is 16.5. The number of benzene rings is 1. The van der Waals surface area contributed by atoms with Crippen LogP contribution in [0.3, 0.4) is 0 Å². The number of aliphatic imine (C=N–C) groups is 1. The molecular formula is C22H38N4O4. The van der Waals surface area contributed by atoms with Crippen molar-refractivity contribution < 1.29 is 18.9 Å². The lowest BCUT2D eigenvalue weighted by atomic mass is 10.0. The van der Waals surface area contributed by atoms with Crippen molar-refractivity contribution in [3.8, 4) is 17.2 Å². The molecule has 0 aliphatic carbocycles. The fourth-order valence-electron chi connectivity index (χ4n) is 3.75. The Morgan fingerprint density at radius 3 is 2.20 bits per heavy atom. The van der Waals surface area contributed by atoms with Crippen molar-refractivity contribution >= 4 is 5.96 Å². The van der Waals surface area contributed by atoms with E-state index in [4.69, 9.17) is 18.9 Å². The summed E-state index contributed by atoms with van der Waals surface area (Å²) in [6, 6.07) is 4.19. The summed E-state index contributed by atoms with van der Waals surface area (Å²) in [5.41, 5.74) is 0.997. The molecule has 0 radical (unpaired) electrons. The maximum Gasteiger partial charge on any atom is 0.191 e. The van der Waals surface area contributed by atoms with Gasteiger partial charge in [-0.2, -0.15) is 0 Å². The normalized spacial score (nSPS) is 16.3. The van der Waals surface area contributed by atoms with E-state index in [9.17, 15) is 0 Å². The first-order chi connectivity index (χ1) is 14.5. The summed E-state index contributed by atoms with van der Waals surface area (Å²) in [5, 5.41) is 6.88. The zero-order chi connectivity index (χ0) is 21.9. The van der Waals surface area contributed by atoms with Crippen molar-refractivity contribution in [3.63, 3.8) is 0 Å². The maximum absolute atomic E-state index is 5.54. The molecule has 0 bridgehead atoms. The van der Waals surface area contributed by atoms with Crippen molar-refractivity contribution in [1.29, 1.82) is 0 Å². The van der Waals surface area contributed by atoms with Gasteiger partial charge in [-0.3, -0.25) is 9.89 Å². The van der Waals surface area contributed by atoms with Crippen molar-refractivity contribution in [2.45, 2.75) is 26.3 Å². The molecule has 0 amide bonds. The molecule has 1 aromatic carbocycles. The first-order valence-electron chi connectivity index (χ1n) is 10.6. The topological polar surface area (TPSA) is 76.6 Å². The largest absolute Gasteiger partial charge is 0.496 e. The van der Waals surface area contributed by atoms with Crippen LogP contribution in [0.5, 0.6) is 17.2 Å². The van der Waals surface area contributed by atoms with Gasteiger partial charge in [-0.05, 0) is 12.3 Å². The van der Waals surface area contributed by atoms with Crippen LogP contribution in [0.2, 0.25) is 0 Å². The Kier molecular flexibility index (Phi) is 10.0. The van der Waals surface area contributed by atoms with Crippen molar-refractivity contribution in [3.05, 3.63) is 17.7 Å². The fraction of sp³-hybridized carbons (Fsp3) is 0.682. The molecule has 2 rings (SSSR count). The summed E-state index contributed by atoms with van der Waals surface area (Å²) in [7, 11) is 6.74. The summed E-state index contributed by atoms with van der Waals surface area (Å²) in [6.45, 7) is 9.64. The maximum atomic E-state index is 5.54. The predicted molar refractivity (Wildman–Crippen MR) is 120 cm³/mol. The minimum atomic E-state index is 0.439. The molecular weight excluding hydrogens is 384 g/mol. The van der Waals surface area contributed by atoms with Gasteiger partial charge in [0.1, 0.15) is 17.2 Å². The van der Waals surface area contributed by atoms with Gasteiger partial charge in [-0.1, -0.05) is 13.8 Å². The van der Waals surface area contributed by atoms with Gasteiger partial charge in [0.15, 0.2) is 5.96 Å². The number of methoxy groups -OCH3 is 3. The van der Waals surface area contributed by atoms with E-state index < -0.39 is 0 Å².